The summed E-state index contributed by atoms with van der Waals surface area (Å²) in [5.74, 6) is 0. The summed E-state index contributed by atoms with van der Waals surface area (Å²) in [5, 5.41) is 3.41. The summed E-state index contributed by atoms with van der Waals surface area (Å²) >= 11 is 0. The first-order valence-corrected chi connectivity index (χ1v) is 7.02. The van der Waals surface area contributed by atoms with Crippen LogP contribution in [0.1, 0.15) is 18.1 Å². The van der Waals surface area contributed by atoms with Gasteiger partial charge in [-0.05, 0) is 30.5 Å². The van der Waals surface area contributed by atoms with Gasteiger partial charge in [-0.3, -0.25) is 4.90 Å². The minimum Gasteiger partial charge on any atom is -0.371 e. The fourth-order valence-electron chi connectivity index (χ4n) is 3.03. The Morgan fingerprint density at radius 1 is 1.28 bits per heavy atom. The molecular formula is C15H23N3. The van der Waals surface area contributed by atoms with E-state index in [1.807, 2.05) is 0 Å². The molecule has 0 spiro atoms. The predicted octanol–water partition coefficient (Wildman–Crippen LogP) is 1.47. The van der Waals surface area contributed by atoms with Gasteiger partial charge in [-0.2, -0.15) is 0 Å². The van der Waals surface area contributed by atoms with E-state index in [-0.39, 0.29) is 0 Å². The molecule has 1 aromatic carbocycles. The highest BCUT2D eigenvalue weighted by atomic mass is 15.2. The third-order valence-electron chi connectivity index (χ3n) is 4.32. The third-order valence-corrected chi connectivity index (χ3v) is 4.32. The molecule has 0 amide bonds. The molecule has 1 N–H and O–H groups in total. The molecule has 0 aliphatic carbocycles. The molecule has 0 saturated carbocycles. The second-order valence-corrected chi connectivity index (χ2v) is 5.65. The average Bonchev–Trinajstić information content (AvgIpc) is 2.67. The number of hydrogen-bond acceptors (Lipinski definition) is 3. The molecule has 1 atom stereocenters. The summed E-state index contributed by atoms with van der Waals surface area (Å²) in [4.78, 5) is 4.95. The maximum atomic E-state index is 3.41. The number of likely N-dealkylation sites (N-methyl/N-ethyl adjacent to an activating group) is 1. The average molecular weight is 245 g/mol. The lowest BCUT2D eigenvalue weighted by atomic mass is 10.1. The van der Waals surface area contributed by atoms with Crippen molar-refractivity contribution < 1.29 is 0 Å². The molecule has 3 rings (SSSR count). The first kappa shape index (κ1) is 12.0. The molecule has 0 bridgehead atoms. The Kier molecular flexibility index (Phi) is 3.27. The van der Waals surface area contributed by atoms with Crippen molar-refractivity contribution in [3.05, 3.63) is 29.3 Å². The molecule has 3 heteroatoms. The van der Waals surface area contributed by atoms with Crippen LogP contribution < -0.4 is 10.2 Å². The van der Waals surface area contributed by atoms with Crippen molar-refractivity contribution in [1.82, 2.24) is 10.2 Å². The van der Waals surface area contributed by atoms with Gasteiger partial charge in [-0.25, -0.2) is 0 Å². The number of fused-ring (bicyclic) bond motifs is 1. The largest absolute Gasteiger partial charge is 0.371 e. The summed E-state index contributed by atoms with van der Waals surface area (Å²) in [5.41, 5.74) is 4.40. The molecular weight excluding hydrogens is 222 g/mol. The normalized spacial score (nSPS) is 24.3. The van der Waals surface area contributed by atoms with Crippen LogP contribution in [-0.4, -0.2) is 44.2 Å². The summed E-state index contributed by atoms with van der Waals surface area (Å²) in [6.45, 7) is 7.99. The van der Waals surface area contributed by atoms with E-state index in [1.165, 1.54) is 36.3 Å². The molecule has 3 nitrogen and oxygen atoms in total. The zero-order valence-corrected chi connectivity index (χ0v) is 11.4. The van der Waals surface area contributed by atoms with Crippen molar-refractivity contribution in [1.29, 1.82) is 0 Å². The molecule has 18 heavy (non-hydrogen) atoms. The second kappa shape index (κ2) is 4.90. The third kappa shape index (κ3) is 2.25. The van der Waals surface area contributed by atoms with Crippen LogP contribution in [0, 0.1) is 0 Å². The standard InChI is InChI=1S/C15H23N3/c1-12-9-14-4-3-13(10-15(14)17(12)2)11-18-7-5-16-6-8-18/h3-4,10,12,16H,5-9,11H2,1-2H3. The van der Waals surface area contributed by atoms with Gasteiger partial charge >= 0.3 is 0 Å². The van der Waals surface area contributed by atoms with Crippen molar-refractivity contribution in [2.24, 2.45) is 0 Å². The molecule has 1 unspecified atom stereocenters. The quantitative estimate of drug-likeness (QED) is 0.851. The van der Waals surface area contributed by atoms with Gasteiger partial charge in [-0.15, -0.1) is 0 Å². The molecule has 1 aromatic rings. The van der Waals surface area contributed by atoms with Gasteiger partial charge in [0.25, 0.3) is 0 Å². The van der Waals surface area contributed by atoms with Crippen LogP contribution in [0.25, 0.3) is 0 Å². The second-order valence-electron chi connectivity index (χ2n) is 5.65. The zero-order chi connectivity index (χ0) is 12.5. The van der Waals surface area contributed by atoms with Crippen LogP contribution in [0.15, 0.2) is 18.2 Å². The van der Waals surface area contributed by atoms with E-state index in [9.17, 15) is 0 Å². The van der Waals surface area contributed by atoms with Crippen LogP contribution in [0.2, 0.25) is 0 Å². The molecule has 0 aromatic heterocycles. The van der Waals surface area contributed by atoms with Crippen LogP contribution in [0.3, 0.4) is 0 Å². The number of piperazine rings is 1. The molecule has 2 aliphatic rings. The first-order chi connectivity index (χ1) is 8.74. The predicted molar refractivity (Wildman–Crippen MR) is 76.2 cm³/mol. The van der Waals surface area contributed by atoms with E-state index in [0.29, 0.717) is 6.04 Å². The minimum atomic E-state index is 0.648. The van der Waals surface area contributed by atoms with Crippen LogP contribution in [0.5, 0.6) is 0 Å². The Morgan fingerprint density at radius 3 is 2.83 bits per heavy atom. The van der Waals surface area contributed by atoms with E-state index >= 15 is 0 Å². The van der Waals surface area contributed by atoms with E-state index in [4.69, 9.17) is 0 Å². The van der Waals surface area contributed by atoms with Gasteiger partial charge in [0.2, 0.25) is 0 Å². The monoisotopic (exact) mass is 245 g/mol. The first-order valence-electron chi connectivity index (χ1n) is 7.02. The topological polar surface area (TPSA) is 18.5 Å². The maximum Gasteiger partial charge on any atom is 0.0402 e. The SMILES string of the molecule is CC1Cc2ccc(CN3CCNCC3)cc2N1C. The van der Waals surface area contributed by atoms with Gasteiger partial charge in [0.15, 0.2) is 0 Å². The lowest BCUT2D eigenvalue weighted by Gasteiger charge is -2.27. The zero-order valence-electron chi connectivity index (χ0n) is 11.4. The van der Waals surface area contributed by atoms with E-state index in [0.717, 1.165) is 19.6 Å². The number of nitrogens with one attached hydrogen (secondary N) is 1. The molecule has 1 fully saturated rings. The summed E-state index contributed by atoms with van der Waals surface area (Å²) in [6.07, 6.45) is 1.19. The van der Waals surface area contributed by atoms with Crippen LogP contribution in [0.4, 0.5) is 5.69 Å². The van der Waals surface area contributed by atoms with Gasteiger partial charge in [0, 0.05) is 51.5 Å². The molecule has 2 aliphatic heterocycles. The number of benzene rings is 1. The van der Waals surface area contributed by atoms with Gasteiger partial charge in [0.05, 0.1) is 0 Å². The summed E-state index contributed by atoms with van der Waals surface area (Å²) in [6, 6.07) is 7.68. The van der Waals surface area contributed by atoms with Crippen LogP contribution in [-0.2, 0) is 13.0 Å². The molecule has 2 heterocycles. The highest BCUT2D eigenvalue weighted by Gasteiger charge is 2.23. The smallest absolute Gasteiger partial charge is 0.0402 e. The van der Waals surface area contributed by atoms with E-state index < -0.39 is 0 Å². The fraction of sp³-hybridized carbons (Fsp3) is 0.600. The van der Waals surface area contributed by atoms with Crippen molar-refractivity contribution in [2.75, 3.05) is 38.1 Å². The Hall–Kier alpha value is -1.06. The maximum absolute atomic E-state index is 3.41. The Balaban J connectivity index is 1.74. The number of rotatable bonds is 2. The molecule has 0 radical (unpaired) electrons. The minimum absolute atomic E-state index is 0.648. The molecule has 1 saturated heterocycles. The number of hydrogen-bond donors (Lipinski definition) is 1. The lowest BCUT2D eigenvalue weighted by Crippen LogP contribution is -2.42. The summed E-state index contributed by atoms with van der Waals surface area (Å²) in [7, 11) is 2.21. The Morgan fingerprint density at radius 2 is 2.06 bits per heavy atom. The highest BCUT2D eigenvalue weighted by Crippen LogP contribution is 2.31. The lowest BCUT2D eigenvalue weighted by molar-refractivity contribution is 0.233. The Labute approximate surface area is 110 Å². The van der Waals surface area contributed by atoms with Crippen molar-refractivity contribution in [3.63, 3.8) is 0 Å². The van der Waals surface area contributed by atoms with E-state index in [1.54, 1.807) is 0 Å². The van der Waals surface area contributed by atoms with Gasteiger partial charge in [0.1, 0.15) is 0 Å². The van der Waals surface area contributed by atoms with Crippen molar-refractivity contribution in [2.45, 2.75) is 25.9 Å². The van der Waals surface area contributed by atoms with E-state index in [2.05, 4.69) is 47.3 Å². The summed E-state index contributed by atoms with van der Waals surface area (Å²) < 4.78 is 0. The van der Waals surface area contributed by atoms with Gasteiger partial charge < -0.3 is 10.2 Å². The highest BCUT2D eigenvalue weighted by molar-refractivity contribution is 5.60. The van der Waals surface area contributed by atoms with Crippen molar-refractivity contribution in [3.8, 4) is 0 Å². The fourth-order valence-corrected chi connectivity index (χ4v) is 3.03. The number of nitrogens with zero attached hydrogens (tertiary/aromatic N) is 2. The Bertz CT molecular complexity index is 424. The molecule has 98 valence electrons. The van der Waals surface area contributed by atoms with Crippen molar-refractivity contribution >= 4 is 5.69 Å². The number of anilines is 1. The van der Waals surface area contributed by atoms with Crippen LogP contribution >= 0.6 is 0 Å². The van der Waals surface area contributed by atoms with Gasteiger partial charge in [-0.1, -0.05) is 12.1 Å².